The topological polar surface area (TPSA) is 132 Å². The number of hydrogen-bond donors (Lipinski definition) is 3. The predicted octanol–water partition coefficient (Wildman–Crippen LogP) is -1.44. The molecule has 1 rings (SSSR count). The molecule has 1 heterocycles. The number of carboxylic acids is 1. The molecule has 0 spiro atoms. The maximum atomic E-state index is 11.8. The smallest absolute Gasteiger partial charge is 0.320 e. The highest BCUT2D eigenvalue weighted by Gasteiger charge is 2.18. The van der Waals surface area contributed by atoms with Crippen LogP contribution in [0.3, 0.4) is 0 Å². The van der Waals surface area contributed by atoms with E-state index in [0.717, 1.165) is 0 Å². The van der Waals surface area contributed by atoms with Crippen LogP contribution in [0.1, 0.15) is 18.7 Å². The summed E-state index contributed by atoms with van der Waals surface area (Å²) in [7, 11) is 1.55. The summed E-state index contributed by atoms with van der Waals surface area (Å²) >= 11 is 0. The Morgan fingerprint density at radius 3 is 2.90 bits per heavy atom. The van der Waals surface area contributed by atoms with Crippen molar-refractivity contribution >= 4 is 11.9 Å². The zero-order valence-corrected chi connectivity index (χ0v) is 11.4. The van der Waals surface area contributed by atoms with E-state index >= 15 is 0 Å². The van der Waals surface area contributed by atoms with Crippen molar-refractivity contribution in [1.82, 2.24) is 20.3 Å². The molecule has 0 aliphatic carbocycles. The average molecular weight is 285 g/mol. The van der Waals surface area contributed by atoms with Gasteiger partial charge in [-0.25, -0.2) is 4.68 Å². The molecule has 1 amide bonds. The maximum absolute atomic E-state index is 11.8. The van der Waals surface area contributed by atoms with Gasteiger partial charge in [-0.3, -0.25) is 9.59 Å². The molecule has 112 valence electrons. The number of nitrogens with zero attached hydrogens (tertiary/aromatic N) is 3. The van der Waals surface area contributed by atoms with Crippen LogP contribution < -0.4 is 11.1 Å². The summed E-state index contributed by atoms with van der Waals surface area (Å²) in [6.07, 6.45) is 1.58. The summed E-state index contributed by atoms with van der Waals surface area (Å²) in [4.78, 5) is 22.4. The van der Waals surface area contributed by atoms with Crippen molar-refractivity contribution in [3.8, 4) is 0 Å². The molecule has 1 aromatic rings. The SMILES string of the molecule is COCCNC(=O)C(C)n1cc(CC(N)C(=O)O)nn1. The largest absolute Gasteiger partial charge is 0.480 e. The van der Waals surface area contributed by atoms with Crippen molar-refractivity contribution in [3.05, 3.63) is 11.9 Å². The fraction of sp³-hybridized carbons (Fsp3) is 0.636. The standard InChI is InChI=1S/C11H19N5O4/c1-7(10(17)13-3-4-20-2)16-6-8(14-15-16)5-9(12)11(18)19/h6-7,9H,3-5,12H2,1-2H3,(H,13,17)(H,18,19). The predicted molar refractivity (Wildman–Crippen MR) is 68.9 cm³/mol. The van der Waals surface area contributed by atoms with Gasteiger partial charge in [0, 0.05) is 26.3 Å². The van der Waals surface area contributed by atoms with Gasteiger partial charge in [0.15, 0.2) is 0 Å². The second-order valence-electron chi connectivity index (χ2n) is 4.30. The monoisotopic (exact) mass is 285 g/mol. The van der Waals surface area contributed by atoms with Crippen molar-refractivity contribution in [3.63, 3.8) is 0 Å². The molecular weight excluding hydrogens is 266 g/mol. The van der Waals surface area contributed by atoms with Crippen molar-refractivity contribution in [2.24, 2.45) is 5.73 Å². The highest BCUT2D eigenvalue weighted by Crippen LogP contribution is 2.06. The van der Waals surface area contributed by atoms with Crippen LogP contribution in [0.15, 0.2) is 6.20 Å². The second kappa shape index (κ2) is 7.56. The molecule has 0 saturated heterocycles. The Morgan fingerprint density at radius 1 is 1.60 bits per heavy atom. The van der Waals surface area contributed by atoms with Crippen molar-refractivity contribution < 1.29 is 19.4 Å². The zero-order chi connectivity index (χ0) is 15.1. The summed E-state index contributed by atoms with van der Waals surface area (Å²) < 4.78 is 6.20. The van der Waals surface area contributed by atoms with Crippen LogP contribution in [0.5, 0.6) is 0 Å². The second-order valence-corrected chi connectivity index (χ2v) is 4.30. The molecule has 0 bridgehead atoms. The Balaban J connectivity index is 2.57. The van der Waals surface area contributed by atoms with Gasteiger partial charge in [-0.15, -0.1) is 5.10 Å². The van der Waals surface area contributed by atoms with Crippen LogP contribution in [-0.2, 0) is 20.7 Å². The lowest BCUT2D eigenvalue weighted by Crippen LogP contribution is -2.33. The summed E-state index contributed by atoms with van der Waals surface area (Å²) in [5.41, 5.74) is 5.83. The molecule has 2 unspecified atom stereocenters. The lowest BCUT2D eigenvalue weighted by Gasteiger charge is -2.11. The molecule has 0 saturated carbocycles. The maximum Gasteiger partial charge on any atom is 0.320 e. The number of hydrogen-bond acceptors (Lipinski definition) is 6. The average Bonchev–Trinajstić information content (AvgIpc) is 2.86. The fourth-order valence-corrected chi connectivity index (χ4v) is 1.45. The first-order valence-corrected chi connectivity index (χ1v) is 6.11. The van der Waals surface area contributed by atoms with E-state index in [2.05, 4.69) is 15.6 Å². The van der Waals surface area contributed by atoms with E-state index < -0.39 is 18.1 Å². The van der Waals surface area contributed by atoms with Crippen molar-refractivity contribution in [2.75, 3.05) is 20.3 Å². The van der Waals surface area contributed by atoms with Crippen LogP contribution >= 0.6 is 0 Å². The molecule has 0 fully saturated rings. The van der Waals surface area contributed by atoms with E-state index in [4.69, 9.17) is 15.6 Å². The summed E-state index contributed by atoms with van der Waals surface area (Å²) in [5.74, 6) is -1.33. The van der Waals surface area contributed by atoms with Gasteiger partial charge >= 0.3 is 5.97 Å². The summed E-state index contributed by atoms with van der Waals surface area (Å²) in [5, 5.41) is 19.0. The Bertz CT molecular complexity index is 461. The first kappa shape index (κ1) is 16.1. The first-order chi connectivity index (χ1) is 9.45. The Labute approximate surface area is 116 Å². The number of nitrogens with one attached hydrogen (secondary N) is 1. The molecule has 4 N–H and O–H groups in total. The molecule has 0 radical (unpaired) electrons. The summed E-state index contributed by atoms with van der Waals surface area (Å²) in [6.45, 7) is 2.50. The summed E-state index contributed by atoms with van der Waals surface area (Å²) in [6, 6.07) is -1.58. The number of methoxy groups -OCH3 is 1. The van der Waals surface area contributed by atoms with Crippen molar-refractivity contribution in [1.29, 1.82) is 0 Å². The van der Waals surface area contributed by atoms with E-state index in [0.29, 0.717) is 18.8 Å². The molecule has 9 heteroatoms. The van der Waals surface area contributed by atoms with Gasteiger partial charge in [0.2, 0.25) is 5.91 Å². The zero-order valence-electron chi connectivity index (χ0n) is 11.4. The van der Waals surface area contributed by atoms with E-state index in [9.17, 15) is 9.59 Å². The number of ether oxygens (including phenoxy) is 1. The number of rotatable bonds is 8. The van der Waals surface area contributed by atoms with Gasteiger partial charge < -0.3 is 20.9 Å². The Kier molecular flexibility index (Phi) is 6.07. The Hall–Kier alpha value is -2.00. The molecule has 9 nitrogen and oxygen atoms in total. The van der Waals surface area contributed by atoms with Crippen molar-refractivity contribution in [2.45, 2.75) is 25.4 Å². The minimum Gasteiger partial charge on any atom is -0.480 e. The number of carboxylic acid groups (broad SMARTS) is 1. The lowest BCUT2D eigenvalue weighted by molar-refractivity contribution is -0.138. The van der Waals surface area contributed by atoms with Gasteiger partial charge in [0.1, 0.15) is 12.1 Å². The minimum atomic E-state index is -1.11. The third-order valence-corrected chi connectivity index (χ3v) is 2.69. The minimum absolute atomic E-state index is 0.0628. The van der Waals surface area contributed by atoms with E-state index in [1.165, 1.54) is 10.9 Å². The van der Waals surface area contributed by atoms with E-state index in [1.54, 1.807) is 14.0 Å². The molecule has 1 aromatic heterocycles. The molecule has 0 aromatic carbocycles. The van der Waals surface area contributed by atoms with Gasteiger partial charge in [-0.05, 0) is 6.92 Å². The van der Waals surface area contributed by atoms with Crippen LogP contribution in [-0.4, -0.2) is 58.3 Å². The number of carbonyl (C=O) groups is 2. The number of aromatic nitrogens is 3. The first-order valence-electron chi connectivity index (χ1n) is 6.11. The highest BCUT2D eigenvalue weighted by molar-refractivity contribution is 5.79. The number of nitrogens with two attached hydrogens (primary N) is 1. The molecule has 2 atom stereocenters. The third-order valence-electron chi connectivity index (χ3n) is 2.69. The van der Waals surface area contributed by atoms with Crippen LogP contribution in [0, 0.1) is 0 Å². The van der Waals surface area contributed by atoms with E-state index in [1.807, 2.05) is 0 Å². The Morgan fingerprint density at radius 2 is 2.30 bits per heavy atom. The van der Waals surface area contributed by atoms with Crippen LogP contribution in [0.2, 0.25) is 0 Å². The van der Waals surface area contributed by atoms with Gasteiger partial charge in [0.25, 0.3) is 0 Å². The van der Waals surface area contributed by atoms with Crippen LogP contribution in [0.25, 0.3) is 0 Å². The number of aliphatic carboxylic acids is 1. The quantitative estimate of drug-likeness (QED) is 0.498. The van der Waals surface area contributed by atoms with E-state index in [-0.39, 0.29) is 12.3 Å². The molecular formula is C11H19N5O4. The van der Waals surface area contributed by atoms with Gasteiger partial charge in [0.05, 0.1) is 12.3 Å². The molecule has 0 aliphatic rings. The fourth-order valence-electron chi connectivity index (χ4n) is 1.45. The van der Waals surface area contributed by atoms with Crippen LogP contribution in [0.4, 0.5) is 0 Å². The third kappa shape index (κ3) is 4.59. The lowest BCUT2D eigenvalue weighted by atomic mass is 10.2. The van der Waals surface area contributed by atoms with Gasteiger partial charge in [-0.1, -0.05) is 5.21 Å². The number of amides is 1. The van der Waals surface area contributed by atoms with Gasteiger partial charge in [-0.2, -0.15) is 0 Å². The molecule has 0 aliphatic heterocycles. The molecule has 20 heavy (non-hydrogen) atoms. The number of carbonyl (C=O) groups excluding carboxylic acids is 1. The normalized spacial score (nSPS) is 13.8. The highest BCUT2D eigenvalue weighted by atomic mass is 16.5.